The van der Waals surface area contributed by atoms with E-state index in [0.29, 0.717) is 0 Å². The lowest BCUT2D eigenvalue weighted by molar-refractivity contribution is -0.137. The zero-order valence-corrected chi connectivity index (χ0v) is 11.8. The molecule has 0 aromatic heterocycles. The fraction of sp³-hybridized carbons (Fsp3) is 0.846. The molecule has 0 spiro atoms. The molecule has 6 nitrogen and oxygen atoms in total. The van der Waals surface area contributed by atoms with E-state index in [1.807, 2.05) is 11.8 Å². The average molecular weight is 271 g/mol. The summed E-state index contributed by atoms with van der Waals surface area (Å²) in [5.74, 6) is -0.892. The van der Waals surface area contributed by atoms with Gasteiger partial charge in [-0.3, -0.25) is 4.79 Å². The van der Waals surface area contributed by atoms with Crippen LogP contribution in [0.15, 0.2) is 0 Å². The first kappa shape index (κ1) is 15.8. The summed E-state index contributed by atoms with van der Waals surface area (Å²) in [6.07, 6.45) is 2.78. The predicted molar refractivity (Wildman–Crippen MR) is 73.1 cm³/mol. The Balaban J connectivity index is 2.53. The minimum atomic E-state index is -0.892. The van der Waals surface area contributed by atoms with Gasteiger partial charge in [0.2, 0.25) is 0 Å². The highest BCUT2D eigenvalue weighted by atomic mass is 16.4. The van der Waals surface area contributed by atoms with Crippen molar-refractivity contribution in [2.75, 3.05) is 19.6 Å². The Kier molecular flexibility index (Phi) is 6.62. The third-order valence-electron chi connectivity index (χ3n) is 3.33. The van der Waals surface area contributed by atoms with Crippen LogP contribution >= 0.6 is 0 Å². The summed E-state index contributed by atoms with van der Waals surface area (Å²) >= 11 is 0. The van der Waals surface area contributed by atoms with E-state index >= 15 is 0 Å². The number of nitrogens with one attached hydrogen (secondary N) is 2. The van der Waals surface area contributed by atoms with E-state index in [1.165, 1.54) is 0 Å². The Morgan fingerprint density at radius 2 is 2.05 bits per heavy atom. The smallest absolute Gasteiger partial charge is 0.317 e. The number of urea groups is 1. The van der Waals surface area contributed by atoms with Crippen molar-refractivity contribution in [1.82, 2.24) is 15.5 Å². The molecule has 1 aliphatic rings. The van der Waals surface area contributed by atoms with Crippen LogP contribution in [0.25, 0.3) is 0 Å². The fourth-order valence-corrected chi connectivity index (χ4v) is 2.42. The molecule has 3 N–H and O–H groups in total. The minimum absolute atomic E-state index is 0.0437. The molecule has 19 heavy (non-hydrogen) atoms. The highest BCUT2D eigenvalue weighted by molar-refractivity contribution is 5.76. The maximum absolute atomic E-state index is 12.2. The minimum Gasteiger partial charge on any atom is -0.481 e. The lowest BCUT2D eigenvalue weighted by Crippen LogP contribution is -2.52. The number of piperidine rings is 1. The first-order chi connectivity index (χ1) is 9.04. The molecule has 110 valence electrons. The van der Waals surface area contributed by atoms with Gasteiger partial charge < -0.3 is 20.6 Å². The van der Waals surface area contributed by atoms with E-state index < -0.39 is 5.97 Å². The SMILES string of the molecule is CCCN(C(=O)NC(C)CC(=O)O)C1CCNCC1. The van der Waals surface area contributed by atoms with Crippen LogP contribution < -0.4 is 10.6 Å². The fourth-order valence-electron chi connectivity index (χ4n) is 2.42. The zero-order valence-electron chi connectivity index (χ0n) is 11.8. The molecule has 0 aliphatic carbocycles. The summed E-state index contributed by atoms with van der Waals surface area (Å²) < 4.78 is 0. The van der Waals surface area contributed by atoms with Crippen molar-refractivity contribution < 1.29 is 14.7 Å². The molecule has 0 aromatic rings. The van der Waals surface area contributed by atoms with Crippen molar-refractivity contribution in [3.63, 3.8) is 0 Å². The average Bonchev–Trinajstić information content (AvgIpc) is 2.35. The zero-order chi connectivity index (χ0) is 14.3. The summed E-state index contributed by atoms with van der Waals surface area (Å²) in [4.78, 5) is 24.7. The van der Waals surface area contributed by atoms with Crippen LogP contribution in [-0.4, -0.2) is 53.7 Å². The number of carbonyl (C=O) groups excluding carboxylic acids is 1. The van der Waals surface area contributed by atoms with Crippen molar-refractivity contribution in [2.45, 2.75) is 51.6 Å². The van der Waals surface area contributed by atoms with Gasteiger partial charge in [0.1, 0.15) is 0 Å². The summed E-state index contributed by atoms with van der Waals surface area (Å²) in [6.45, 7) is 6.35. The second kappa shape index (κ2) is 7.99. The van der Waals surface area contributed by atoms with Crippen molar-refractivity contribution >= 4 is 12.0 Å². The lowest BCUT2D eigenvalue weighted by Gasteiger charge is -2.35. The van der Waals surface area contributed by atoms with Gasteiger partial charge in [-0.15, -0.1) is 0 Å². The number of nitrogens with zero attached hydrogens (tertiary/aromatic N) is 1. The Morgan fingerprint density at radius 1 is 1.42 bits per heavy atom. The van der Waals surface area contributed by atoms with E-state index in [4.69, 9.17) is 5.11 Å². The predicted octanol–water partition coefficient (Wildman–Crippen LogP) is 1.02. The van der Waals surface area contributed by atoms with Crippen molar-refractivity contribution in [3.8, 4) is 0 Å². The van der Waals surface area contributed by atoms with Crippen molar-refractivity contribution in [3.05, 3.63) is 0 Å². The van der Waals surface area contributed by atoms with E-state index in [0.717, 1.165) is 38.9 Å². The monoisotopic (exact) mass is 271 g/mol. The molecule has 1 heterocycles. The van der Waals surface area contributed by atoms with Crippen LogP contribution in [-0.2, 0) is 4.79 Å². The molecular weight excluding hydrogens is 246 g/mol. The molecule has 1 saturated heterocycles. The Labute approximate surface area is 114 Å². The highest BCUT2D eigenvalue weighted by Crippen LogP contribution is 2.13. The molecular formula is C13H25N3O3. The Hall–Kier alpha value is -1.30. The van der Waals surface area contributed by atoms with Crippen LogP contribution in [0.1, 0.15) is 39.5 Å². The van der Waals surface area contributed by atoms with Crippen molar-refractivity contribution in [1.29, 1.82) is 0 Å². The van der Waals surface area contributed by atoms with Gasteiger partial charge in [0.15, 0.2) is 0 Å². The summed E-state index contributed by atoms with van der Waals surface area (Å²) in [5, 5.41) is 14.8. The normalized spacial score (nSPS) is 17.8. The van der Waals surface area contributed by atoms with E-state index in [-0.39, 0.29) is 24.5 Å². The molecule has 0 bridgehead atoms. The van der Waals surface area contributed by atoms with Crippen LogP contribution in [0.3, 0.4) is 0 Å². The van der Waals surface area contributed by atoms with Crippen molar-refractivity contribution in [2.24, 2.45) is 0 Å². The number of amides is 2. The van der Waals surface area contributed by atoms with E-state index in [2.05, 4.69) is 10.6 Å². The number of carbonyl (C=O) groups is 2. The molecule has 1 atom stereocenters. The second-order valence-electron chi connectivity index (χ2n) is 5.12. The number of rotatable bonds is 6. The summed E-state index contributed by atoms with van der Waals surface area (Å²) in [7, 11) is 0. The quantitative estimate of drug-likeness (QED) is 0.674. The van der Waals surface area contributed by atoms with Gasteiger partial charge >= 0.3 is 12.0 Å². The molecule has 2 amide bonds. The maximum atomic E-state index is 12.2. The summed E-state index contributed by atoms with van der Waals surface area (Å²) in [6, 6.07) is -0.216. The molecule has 1 aliphatic heterocycles. The van der Waals surface area contributed by atoms with Gasteiger partial charge in [0, 0.05) is 18.6 Å². The third kappa shape index (κ3) is 5.46. The molecule has 6 heteroatoms. The van der Waals surface area contributed by atoms with Crippen LogP contribution in [0, 0.1) is 0 Å². The summed E-state index contributed by atoms with van der Waals surface area (Å²) in [5.41, 5.74) is 0. The molecule has 1 rings (SSSR count). The maximum Gasteiger partial charge on any atom is 0.317 e. The van der Waals surface area contributed by atoms with Gasteiger partial charge in [-0.25, -0.2) is 4.79 Å². The number of aliphatic carboxylic acids is 1. The molecule has 0 saturated carbocycles. The number of carboxylic acids is 1. The standard InChI is InChI=1S/C13H25N3O3/c1-3-8-16(11-4-6-14-7-5-11)13(19)15-10(2)9-12(17)18/h10-11,14H,3-9H2,1-2H3,(H,15,19)(H,17,18). The molecule has 0 aromatic carbocycles. The van der Waals surface area contributed by atoms with Gasteiger partial charge in [0.05, 0.1) is 6.42 Å². The van der Waals surface area contributed by atoms with Gasteiger partial charge in [-0.1, -0.05) is 6.92 Å². The Morgan fingerprint density at radius 3 is 2.58 bits per heavy atom. The van der Waals surface area contributed by atoms with Gasteiger partial charge in [-0.2, -0.15) is 0 Å². The van der Waals surface area contributed by atoms with Gasteiger partial charge in [0.25, 0.3) is 0 Å². The first-order valence-corrected chi connectivity index (χ1v) is 7.04. The lowest BCUT2D eigenvalue weighted by atomic mass is 10.0. The second-order valence-corrected chi connectivity index (χ2v) is 5.12. The van der Waals surface area contributed by atoms with Crippen LogP contribution in [0.5, 0.6) is 0 Å². The van der Waals surface area contributed by atoms with Gasteiger partial charge in [-0.05, 0) is 39.3 Å². The number of hydrogen-bond donors (Lipinski definition) is 3. The molecule has 0 radical (unpaired) electrons. The molecule has 1 unspecified atom stereocenters. The van der Waals surface area contributed by atoms with Crippen LogP contribution in [0.2, 0.25) is 0 Å². The van der Waals surface area contributed by atoms with E-state index in [1.54, 1.807) is 6.92 Å². The first-order valence-electron chi connectivity index (χ1n) is 7.04. The topological polar surface area (TPSA) is 81.7 Å². The Bertz CT molecular complexity index is 304. The van der Waals surface area contributed by atoms with Crippen LogP contribution in [0.4, 0.5) is 4.79 Å². The number of hydrogen-bond acceptors (Lipinski definition) is 3. The number of carboxylic acid groups (broad SMARTS) is 1. The molecule has 1 fully saturated rings. The van der Waals surface area contributed by atoms with E-state index in [9.17, 15) is 9.59 Å². The highest BCUT2D eigenvalue weighted by Gasteiger charge is 2.25. The largest absolute Gasteiger partial charge is 0.481 e. The third-order valence-corrected chi connectivity index (χ3v) is 3.33.